The molecular weight excluding hydrogens is 308 g/mol. The van der Waals surface area contributed by atoms with Crippen molar-refractivity contribution in [2.45, 2.75) is 73.5 Å². The first-order valence-corrected chi connectivity index (χ1v) is 9.29. The maximum absolute atomic E-state index is 4.94. The van der Waals surface area contributed by atoms with Crippen LogP contribution in [0.2, 0.25) is 11.2 Å². The second kappa shape index (κ2) is 6.80. The van der Waals surface area contributed by atoms with E-state index in [1.165, 1.54) is 0 Å². The molecule has 0 amide bonds. The molecule has 17 heavy (non-hydrogen) atoms. The fourth-order valence-corrected chi connectivity index (χ4v) is 21.1. The predicted octanol–water partition coefficient (Wildman–Crippen LogP) is -0.223. The molecule has 105 valence electrons. The van der Waals surface area contributed by atoms with Gasteiger partial charge in [0.1, 0.15) is 0 Å². The van der Waals surface area contributed by atoms with Crippen molar-refractivity contribution in [2.24, 2.45) is 3.19 Å². The van der Waals surface area contributed by atoms with Crippen molar-refractivity contribution in [2.75, 3.05) is 0 Å². The number of halogens is 2. The second-order valence-corrected chi connectivity index (χ2v) is 18.3. The van der Waals surface area contributed by atoms with Crippen molar-refractivity contribution in [3.8, 4) is 0 Å². The molecule has 0 spiro atoms. The van der Waals surface area contributed by atoms with Gasteiger partial charge in [-0.25, -0.2) is 0 Å². The molecule has 0 radical (unpaired) electrons. The van der Waals surface area contributed by atoms with Crippen LogP contribution in [-0.4, -0.2) is 0 Å². The van der Waals surface area contributed by atoms with Crippen LogP contribution in [0, 0.1) is 0 Å². The summed E-state index contributed by atoms with van der Waals surface area (Å²) in [5, 5.41) is 0. The summed E-state index contributed by atoms with van der Waals surface area (Å²) >= 11 is -2.39. The van der Waals surface area contributed by atoms with Gasteiger partial charge in [-0.05, 0) is 0 Å². The van der Waals surface area contributed by atoms with E-state index in [4.69, 9.17) is 3.19 Å². The second-order valence-electron chi connectivity index (χ2n) is 7.59. The molecule has 0 heterocycles. The van der Waals surface area contributed by atoms with E-state index in [0.717, 1.165) is 0 Å². The molecular formula is C12H29Cl2NPTi. The van der Waals surface area contributed by atoms with Crippen molar-refractivity contribution in [3.05, 3.63) is 0 Å². The Balaban J connectivity index is -0.000000980. The molecule has 5 heteroatoms. The summed E-state index contributed by atoms with van der Waals surface area (Å²) in [5.41, 5.74) is 0. The fraction of sp³-hybridized carbons (Fsp3) is 1.00. The zero-order valence-electron chi connectivity index (χ0n) is 12.8. The molecule has 0 aromatic carbocycles. The van der Waals surface area contributed by atoms with E-state index in [1.54, 1.807) is 0 Å². The van der Waals surface area contributed by atoms with Gasteiger partial charge in [0.15, 0.2) is 0 Å². The summed E-state index contributed by atoms with van der Waals surface area (Å²) in [7, 11) is 2.69. The van der Waals surface area contributed by atoms with E-state index in [2.05, 4.69) is 71.7 Å². The Labute approximate surface area is 127 Å². The number of rotatable bonds is 0. The Morgan fingerprint density at radius 1 is 0.647 bits per heavy atom. The first kappa shape index (κ1) is 23.6. The van der Waals surface area contributed by atoms with E-state index < -0.39 is 16.4 Å². The molecule has 0 aliphatic heterocycles. The first-order valence-electron chi connectivity index (χ1n) is 5.73. The van der Waals surface area contributed by atoms with E-state index in [1.807, 2.05) is 0 Å². The smallest absolute Gasteiger partial charge is 1.00 e. The molecule has 0 aromatic heterocycles. The number of hydrogen-bond acceptors (Lipinski definition) is 1. The molecule has 0 aliphatic carbocycles. The minimum absolute atomic E-state index is 0. The minimum Gasteiger partial charge on any atom is -1.00 e. The van der Waals surface area contributed by atoms with Crippen LogP contribution >= 0.6 is 9.39 Å². The molecule has 0 N–H and O–H groups in total. The van der Waals surface area contributed by atoms with Crippen molar-refractivity contribution < 1.29 is 41.2 Å². The van der Waals surface area contributed by atoms with Gasteiger partial charge in [0.25, 0.3) is 0 Å². The molecule has 0 saturated heterocycles. The number of nitrogens with zero attached hydrogens (tertiary/aromatic N) is 1. The molecule has 1 nitrogen and oxygen atoms in total. The molecule has 1 atom stereocenters. The minimum atomic E-state index is -2.39. The van der Waals surface area contributed by atoms with E-state index in [9.17, 15) is 0 Å². The maximum atomic E-state index is 4.94. The van der Waals surface area contributed by atoms with Crippen LogP contribution in [0.15, 0.2) is 3.19 Å². The van der Waals surface area contributed by atoms with Gasteiger partial charge < -0.3 is 24.8 Å². The van der Waals surface area contributed by atoms with Gasteiger partial charge in [0, 0.05) is 0 Å². The Morgan fingerprint density at radius 2 is 0.824 bits per heavy atom. The topological polar surface area (TPSA) is 12.4 Å². The summed E-state index contributed by atoms with van der Waals surface area (Å²) in [6.07, 6.45) is 0. The van der Waals surface area contributed by atoms with Crippen LogP contribution in [0.3, 0.4) is 0 Å². The van der Waals surface area contributed by atoms with Gasteiger partial charge in [-0.3, -0.25) is 0 Å². The van der Waals surface area contributed by atoms with Gasteiger partial charge in [0.2, 0.25) is 0 Å². The number of hydrogen-bond donors (Lipinski definition) is 0. The fourth-order valence-electron chi connectivity index (χ4n) is 3.96. The zero-order valence-corrected chi connectivity index (χ0v) is 17.0. The molecule has 0 aliphatic rings. The quantitative estimate of drug-likeness (QED) is 0.428. The first-order chi connectivity index (χ1) is 6.31. The summed E-state index contributed by atoms with van der Waals surface area (Å²) in [6.45, 7) is 21.3. The Hall–Kier alpha value is 1.52. The SMILES string of the molecule is C[C](C)(C)[Ti+2](=[N]P)([C](C)(C)C)[C](C)(C)C.[Cl-].[Cl-]. The monoisotopic (exact) mass is 336 g/mol. The predicted molar refractivity (Wildman–Crippen MR) is 71.3 cm³/mol. The summed E-state index contributed by atoms with van der Waals surface area (Å²) in [6, 6.07) is 0. The standard InChI is InChI=1S/3C4H9.2ClH.H2NP.Ti/c3*1-4(2)3;;;1-2;/h3*1-3H3;2*1H;2H2;/q;;;;;;+2/p-2. The molecule has 1 unspecified atom stereocenters. The third-order valence-electron chi connectivity index (χ3n) is 3.45. The molecule has 0 bridgehead atoms. The normalized spacial score (nSPS) is 12.6. The van der Waals surface area contributed by atoms with Crippen molar-refractivity contribution in [3.63, 3.8) is 0 Å². The third kappa shape index (κ3) is 4.25. The van der Waals surface area contributed by atoms with E-state index in [-0.39, 0.29) is 24.8 Å². The van der Waals surface area contributed by atoms with Crippen LogP contribution in [0.4, 0.5) is 0 Å². The van der Waals surface area contributed by atoms with Crippen LogP contribution in [0.5, 0.6) is 0 Å². The third-order valence-corrected chi connectivity index (χ3v) is 15.8. The zero-order chi connectivity index (χ0) is 12.7. The molecule has 0 fully saturated rings. The summed E-state index contributed by atoms with van der Waals surface area (Å²) in [4.78, 5) is 0. The van der Waals surface area contributed by atoms with Crippen LogP contribution in [0.25, 0.3) is 0 Å². The average Bonchev–Trinajstić information content (AvgIpc) is 1.76. The van der Waals surface area contributed by atoms with E-state index >= 15 is 0 Å². The molecule has 0 aromatic rings. The van der Waals surface area contributed by atoms with Crippen LogP contribution in [-0.2, 0) is 16.4 Å². The van der Waals surface area contributed by atoms with Gasteiger partial charge in [-0.1, -0.05) is 0 Å². The van der Waals surface area contributed by atoms with Gasteiger partial charge in [0.05, 0.1) is 0 Å². The van der Waals surface area contributed by atoms with Gasteiger partial charge >= 0.3 is 102 Å². The van der Waals surface area contributed by atoms with Crippen LogP contribution in [0.1, 0.15) is 62.3 Å². The Kier molecular flexibility index (Phi) is 9.44. The van der Waals surface area contributed by atoms with Crippen molar-refractivity contribution >= 4 is 9.39 Å². The van der Waals surface area contributed by atoms with Crippen molar-refractivity contribution in [1.82, 2.24) is 0 Å². The maximum Gasteiger partial charge on any atom is -1.00 e. The Bertz CT molecular complexity index is 240. The summed E-state index contributed by atoms with van der Waals surface area (Å²) < 4.78 is 5.93. The van der Waals surface area contributed by atoms with Gasteiger partial charge in [-0.2, -0.15) is 0 Å². The molecule has 0 rings (SSSR count). The van der Waals surface area contributed by atoms with Gasteiger partial charge in [-0.15, -0.1) is 0 Å². The van der Waals surface area contributed by atoms with E-state index in [0.29, 0.717) is 11.2 Å². The van der Waals surface area contributed by atoms with Crippen LogP contribution < -0.4 is 24.8 Å². The largest absolute Gasteiger partial charge is 1.00 e. The van der Waals surface area contributed by atoms with Crippen molar-refractivity contribution in [1.29, 1.82) is 0 Å². The Morgan fingerprint density at radius 3 is 0.824 bits per heavy atom. The molecule has 0 saturated carbocycles. The average molecular weight is 337 g/mol. The summed E-state index contributed by atoms with van der Waals surface area (Å²) in [5.74, 6) is 0.